The highest BCUT2D eigenvalue weighted by atomic mass is 31.2. The van der Waals surface area contributed by atoms with Gasteiger partial charge in [0.2, 0.25) is 0 Å². The largest absolute Gasteiger partial charge is 0.472 e. The van der Waals surface area contributed by atoms with Gasteiger partial charge in [-0.2, -0.15) is 0 Å². The first kappa shape index (κ1) is 94.1. The molecule has 0 saturated carbocycles. The van der Waals surface area contributed by atoms with E-state index in [1.54, 1.807) is 0 Å². The van der Waals surface area contributed by atoms with E-state index in [-0.39, 0.29) is 25.7 Å². The summed E-state index contributed by atoms with van der Waals surface area (Å²) in [6.45, 7) is 9.62. The third-order valence-electron chi connectivity index (χ3n) is 18.3. The van der Waals surface area contributed by atoms with Crippen molar-refractivity contribution in [1.82, 2.24) is 0 Å². The Labute approximate surface area is 588 Å². The Kier molecular flexibility index (Phi) is 67.4. The molecule has 96 heavy (non-hydrogen) atoms. The zero-order valence-electron chi connectivity index (χ0n) is 62.7. The van der Waals surface area contributed by atoms with Crippen LogP contribution in [-0.2, 0) is 65.4 Å². The molecule has 0 aliphatic rings. The van der Waals surface area contributed by atoms with Crippen LogP contribution in [0.1, 0.15) is 401 Å². The van der Waals surface area contributed by atoms with Crippen molar-refractivity contribution in [2.45, 2.75) is 419 Å². The van der Waals surface area contributed by atoms with Gasteiger partial charge in [-0.3, -0.25) is 37.3 Å². The number of hydrogen-bond acceptors (Lipinski definition) is 15. The van der Waals surface area contributed by atoms with Gasteiger partial charge in [0.25, 0.3) is 0 Å². The second-order valence-corrected chi connectivity index (χ2v) is 31.4. The maximum Gasteiger partial charge on any atom is 0.472 e. The zero-order valence-corrected chi connectivity index (χ0v) is 64.5. The quantitative estimate of drug-likeness (QED) is 0.0222. The summed E-state index contributed by atoms with van der Waals surface area (Å²) in [6, 6.07) is 0. The minimum atomic E-state index is -4.96. The van der Waals surface area contributed by atoms with E-state index < -0.39 is 97.5 Å². The molecule has 0 heterocycles. The van der Waals surface area contributed by atoms with E-state index in [0.29, 0.717) is 25.7 Å². The van der Waals surface area contributed by atoms with Crippen LogP contribution in [0.3, 0.4) is 0 Å². The minimum absolute atomic E-state index is 0.108. The highest BCUT2D eigenvalue weighted by Crippen LogP contribution is 2.45. The lowest BCUT2D eigenvalue weighted by atomic mass is 9.99. The molecule has 0 radical (unpaired) electrons. The average Bonchev–Trinajstić information content (AvgIpc) is 1.24. The van der Waals surface area contributed by atoms with E-state index in [1.165, 1.54) is 218 Å². The summed E-state index contributed by atoms with van der Waals surface area (Å²) >= 11 is 0. The fourth-order valence-corrected chi connectivity index (χ4v) is 13.4. The van der Waals surface area contributed by atoms with Crippen LogP contribution in [0.15, 0.2) is 0 Å². The fraction of sp³-hybridized carbons (Fsp3) is 0.948. The number of carbonyl (C=O) groups excluding carboxylic acids is 4. The molecule has 0 aromatic rings. The van der Waals surface area contributed by atoms with Crippen LogP contribution in [0.25, 0.3) is 0 Å². The first-order chi connectivity index (χ1) is 46.4. The molecule has 17 nitrogen and oxygen atoms in total. The van der Waals surface area contributed by atoms with Gasteiger partial charge >= 0.3 is 39.5 Å². The van der Waals surface area contributed by atoms with Gasteiger partial charge in [-0.1, -0.05) is 350 Å². The first-order valence-electron chi connectivity index (χ1n) is 40.0. The van der Waals surface area contributed by atoms with Crippen LogP contribution in [0, 0.1) is 11.8 Å². The molecule has 6 atom stereocenters. The van der Waals surface area contributed by atoms with Gasteiger partial charge in [0.15, 0.2) is 12.2 Å². The number of phosphoric acid groups is 2. The van der Waals surface area contributed by atoms with Gasteiger partial charge in [-0.25, -0.2) is 9.13 Å². The van der Waals surface area contributed by atoms with Crippen molar-refractivity contribution in [3.8, 4) is 0 Å². The van der Waals surface area contributed by atoms with Gasteiger partial charge in [-0.05, 0) is 37.5 Å². The van der Waals surface area contributed by atoms with Crippen LogP contribution in [0.4, 0.5) is 0 Å². The molecular formula is C77H150O17P2. The van der Waals surface area contributed by atoms with Crippen molar-refractivity contribution in [1.29, 1.82) is 0 Å². The Balaban J connectivity index is 5.27. The Hall–Kier alpha value is -1.94. The van der Waals surface area contributed by atoms with Crippen molar-refractivity contribution in [2.75, 3.05) is 39.6 Å². The fourth-order valence-electron chi connectivity index (χ4n) is 11.8. The summed E-state index contributed by atoms with van der Waals surface area (Å²) in [5.74, 6) is -0.558. The molecule has 0 bridgehead atoms. The molecule has 0 aliphatic carbocycles. The predicted molar refractivity (Wildman–Crippen MR) is 391 cm³/mol. The lowest BCUT2D eigenvalue weighted by molar-refractivity contribution is -0.161. The maximum atomic E-state index is 13.1. The van der Waals surface area contributed by atoms with Crippen LogP contribution in [0.5, 0.6) is 0 Å². The van der Waals surface area contributed by atoms with E-state index in [2.05, 4.69) is 41.5 Å². The Morgan fingerprint density at radius 1 is 0.302 bits per heavy atom. The third kappa shape index (κ3) is 69.2. The van der Waals surface area contributed by atoms with Gasteiger partial charge in [0.1, 0.15) is 19.3 Å². The number of unbranched alkanes of at least 4 members (excludes halogenated alkanes) is 45. The molecule has 0 saturated heterocycles. The van der Waals surface area contributed by atoms with Crippen LogP contribution >= 0.6 is 15.6 Å². The Morgan fingerprint density at radius 2 is 0.531 bits per heavy atom. The second-order valence-electron chi connectivity index (χ2n) is 28.5. The predicted octanol–water partition coefficient (Wildman–Crippen LogP) is 22.7. The number of rotatable bonds is 76. The minimum Gasteiger partial charge on any atom is -0.462 e. The number of esters is 4. The molecule has 0 fully saturated rings. The molecule has 0 aromatic heterocycles. The van der Waals surface area contributed by atoms with Crippen molar-refractivity contribution >= 4 is 39.5 Å². The number of aliphatic hydroxyl groups excluding tert-OH is 1. The number of carbonyl (C=O) groups is 4. The van der Waals surface area contributed by atoms with E-state index in [9.17, 15) is 43.2 Å². The summed E-state index contributed by atoms with van der Waals surface area (Å²) in [5.41, 5.74) is 0. The number of ether oxygens (including phenoxy) is 4. The molecule has 0 rings (SSSR count). The van der Waals surface area contributed by atoms with E-state index in [1.807, 2.05) is 0 Å². The molecule has 0 aromatic carbocycles. The monoisotopic (exact) mass is 1410 g/mol. The van der Waals surface area contributed by atoms with E-state index in [4.69, 9.17) is 37.0 Å². The zero-order chi connectivity index (χ0) is 70.7. The summed E-state index contributed by atoms with van der Waals surface area (Å²) in [7, 11) is -9.91. The van der Waals surface area contributed by atoms with Crippen molar-refractivity contribution in [3.05, 3.63) is 0 Å². The van der Waals surface area contributed by atoms with Gasteiger partial charge in [0.05, 0.1) is 26.4 Å². The summed E-state index contributed by atoms with van der Waals surface area (Å²) in [4.78, 5) is 72.9. The molecule has 570 valence electrons. The smallest absolute Gasteiger partial charge is 0.462 e. The Bertz CT molecular complexity index is 1860. The molecule has 3 N–H and O–H groups in total. The van der Waals surface area contributed by atoms with Crippen LogP contribution < -0.4 is 0 Å². The molecule has 0 aliphatic heterocycles. The highest BCUT2D eigenvalue weighted by Gasteiger charge is 2.30. The SMILES string of the molecule is CCCCCCCCCCCCCCCCCCC(=O)O[C@H](COC(=O)CCCCCCCCCCCCC(C)CC)COP(=O)(O)OC[C@@H](O)COP(=O)(O)OC[C@@H](COC(=O)CCCCCCCCCCCC(C)C)OC(=O)CCCCCCCCCCCCCCCC. The number of hydrogen-bond donors (Lipinski definition) is 3. The standard InChI is InChI=1S/C77H150O17P2/c1-7-10-12-14-16-18-20-22-24-25-27-29-37-44-50-56-62-77(82)93-72(65-87-74(79)59-53-47-41-35-31-30-34-40-46-52-58-70(6)9-3)67-91-95(83,84)89-63-71(78)64-90-96(85,86)92-68-73(66-88-75(80)60-54-48-42-38-32-33-39-45-51-57-69(4)5)94-76(81)61-55-49-43-36-28-26-23-21-19-17-15-13-11-8-2/h69-73,78H,7-68H2,1-6H3,(H,83,84)(H,85,86)/t70?,71-,72-,73-/m1/s1. The first-order valence-corrected chi connectivity index (χ1v) is 43.0. The van der Waals surface area contributed by atoms with Gasteiger partial charge in [0, 0.05) is 25.7 Å². The summed E-state index contributed by atoms with van der Waals surface area (Å²) in [5, 5.41) is 10.6. The summed E-state index contributed by atoms with van der Waals surface area (Å²) < 4.78 is 68.6. The van der Waals surface area contributed by atoms with E-state index in [0.717, 1.165) is 102 Å². The van der Waals surface area contributed by atoms with Crippen molar-refractivity contribution in [3.63, 3.8) is 0 Å². The number of phosphoric ester groups is 2. The average molecular weight is 1410 g/mol. The normalized spacial score (nSPS) is 14.3. The molecule has 0 amide bonds. The number of aliphatic hydroxyl groups is 1. The Morgan fingerprint density at radius 3 is 0.792 bits per heavy atom. The van der Waals surface area contributed by atoms with Crippen LogP contribution in [0.2, 0.25) is 0 Å². The second kappa shape index (κ2) is 68.8. The van der Waals surface area contributed by atoms with Crippen molar-refractivity contribution < 1.29 is 80.2 Å². The molecular weight excluding hydrogens is 1260 g/mol. The third-order valence-corrected chi connectivity index (χ3v) is 20.2. The molecule has 0 spiro atoms. The van der Waals surface area contributed by atoms with Crippen molar-refractivity contribution in [2.24, 2.45) is 11.8 Å². The van der Waals surface area contributed by atoms with Gasteiger partial charge in [-0.15, -0.1) is 0 Å². The van der Waals surface area contributed by atoms with Crippen LogP contribution in [-0.4, -0.2) is 96.7 Å². The molecule has 3 unspecified atom stereocenters. The lowest BCUT2D eigenvalue weighted by Gasteiger charge is -2.21. The topological polar surface area (TPSA) is 237 Å². The van der Waals surface area contributed by atoms with E-state index >= 15 is 0 Å². The van der Waals surface area contributed by atoms with Gasteiger partial charge < -0.3 is 33.8 Å². The lowest BCUT2D eigenvalue weighted by Crippen LogP contribution is -2.30. The highest BCUT2D eigenvalue weighted by molar-refractivity contribution is 7.47. The maximum absolute atomic E-state index is 13.1. The molecule has 19 heteroatoms. The summed E-state index contributed by atoms with van der Waals surface area (Å²) in [6.07, 6.45) is 56.6.